The van der Waals surface area contributed by atoms with Gasteiger partial charge in [0.1, 0.15) is 11.3 Å². The van der Waals surface area contributed by atoms with Gasteiger partial charge in [0.25, 0.3) is 0 Å². The average molecular weight is 294 g/mol. The molecule has 1 aromatic carbocycles. The van der Waals surface area contributed by atoms with E-state index in [0.717, 1.165) is 12.1 Å². The maximum absolute atomic E-state index is 12.2. The fourth-order valence-corrected chi connectivity index (χ4v) is 1.54. The van der Waals surface area contributed by atoms with Crippen LogP contribution in [0.25, 0.3) is 0 Å². The summed E-state index contributed by atoms with van der Waals surface area (Å²) in [7, 11) is 0. The molecule has 0 spiro atoms. The van der Waals surface area contributed by atoms with Crippen molar-refractivity contribution in [3.63, 3.8) is 0 Å². The second-order valence-corrected chi connectivity index (χ2v) is 3.62. The van der Waals surface area contributed by atoms with Crippen LogP contribution in [-0.4, -0.2) is 18.9 Å². The number of rotatable bonds is 3. The predicted molar refractivity (Wildman–Crippen MR) is 58.8 cm³/mol. The summed E-state index contributed by atoms with van der Waals surface area (Å²) in [6, 6.07) is 3.43. The van der Waals surface area contributed by atoms with Crippen molar-refractivity contribution >= 4 is 17.6 Å². The van der Waals surface area contributed by atoms with Crippen LogP contribution in [0.4, 0.5) is 13.2 Å². The van der Waals surface area contributed by atoms with Crippen molar-refractivity contribution in [2.45, 2.75) is 13.3 Å². The Morgan fingerprint density at radius 3 is 2.58 bits per heavy atom. The lowest BCUT2D eigenvalue weighted by molar-refractivity contribution is -0.274. The first-order chi connectivity index (χ1) is 8.78. The van der Waals surface area contributed by atoms with E-state index in [1.54, 1.807) is 6.07 Å². The first kappa shape index (κ1) is 15.1. The molecule has 1 rings (SSSR count). The first-order valence-corrected chi connectivity index (χ1v) is 5.32. The zero-order chi connectivity index (χ0) is 14.6. The van der Waals surface area contributed by atoms with Crippen LogP contribution in [0.1, 0.15) is 22.8 Å². The number of benzene rings is 1. The molecule has 0 fully saturated rings. The maximum atomic E-state index is 12.2. The van der Waals surface area contributed by atoms with Crippen LogP contribution < -0.4 is 4.74 Å². The Kier molecular flexibility index (Phi) is 4.62. The third-order valence-electron chi connectivity index (χ3n) is 1.89. The molecule has 0 unspecified atom stereocenters. The number of alkyl halides is 3. The minimum atomic E-state index is -5.02. The molecule has 0 saturated heterocycles. The molecule has 0 aromatic heterocycles. The Morgan fingerprint density at radius 2 is 2.11 bits per heavy atom. The van der Waals surface area contributed by atoms with E-state index in [1.807, 2.05) is 0 Å². The summed E-state index contributed by atoms with van der Waals surface area (Å²) in [5.41, 5.74) is -0.739. The minimum Gasteiger partial charge on any atom is -0.462 e. The van der Waals surface area contributed by atoms with Crippen molar-refractivity contribution in [2.24, 2.45) is 0 Å². The van der Waals surface area contributed by atoms with Gasteiger partial charge in [0.2, 0.25) is 0 Å². The number of carbonyl (C=O) groups is 1. The fourth-order valence-electron chi connectivity index (χ4n) is 1.25. The molecule has 0 aliphatic rings. The van der Waals surface area contributed by atoms with Crippen LogP contribution in [-0.2, 0) is 4.74 Å². The highest BCUT2D eigenvalue weighted by Crippen LogP contribution is 2.33. The van der Waals surface area contributed by atoms with Crippen molar-refractivity contribution in [3.8, 4) is 11.8 Å². The monoisotopic (exact) mass is 293 g/mol. The summed E-state index contributed by atoms with van der Waals surface area (Å²) in [4.78, 5) is 11.5. The molecule has 4 nitrogen and oxygen atoms in total. The molecule has 8 heteroatoms. The molecule has 0 N–H and O–H groups in total. The normalized spacial score (nSPS) is 10.7. The molecule has 0 atom stereocenters. The molecule has 102 valence electrons. The van der Waals surface area contributed by atoms with Crippen molar-refractivity contribution < 1.29 is 27.4 Å². The summed E-state index contributed by atoms with van der Waals surface area (Å²) < 4.78 is 45.0. The minimum absolute atomic E-state index is 0.0411. The van der Waals surface area contributed by atoms with Crippen molar-refractivity contribution in [2.75, 3.05) is 6.61 Å². The largest absolute Gasteiger partial charge is 0.573 e. The van der Waals surface area contributed by atoms with E-state index in [4.69, 9.17) is 16.9 Å². The number of nitriles is 1. The van der Waals surface area contributed by atoms with Gasteiger partial charge in [-0.15, -0.1) is 13.2 Å². The molecule has 19 heavy (non-hydrogen) atoms. The van der Waals surface area contributed by atoms with E-state index in [0.29, 0.717) is 0 Å². The van der Waals surface area contributed by atoms with Crippen LogP contribution >= 0.6 is 11.6 Å². The Morgan fingerprint density at radius 1 is 1.47 bits per heavy atom. The number of ether oxygens (including phenoxy) is 2. The lowest BCUT2D eigenvalue weighted by Crippen LogP contribution is -2.20. The van der Waals surface area contributed by atoms with E-state index in [-0.39, 0.29) is 17.2 Å². The van der Waals surface area contributed by atoms with Gasteiger partial charge in [-0.2, -0.15) is 5.26 Å². The van der Waals surface area contributed by atoms with Gasteiger partial charge in [-0.05, 0) is 19.1 Å². The van der Waals surface area contributed by atoms with Crippen molar-refractivity contribution in [3.05, 3.63) is 28.3 Å². The second kappa shape index (κ2) is 5.80. The lowest BCUT2D eigenvalue weighted by atomic mass is 10.1. The molecule has 0 radical (unpaired) electrons. The number of carbonyl (C=O) groups excluding carboxylic acids is 1. The smallest absolute Gasteiger partial charge is 0.462 e. The van der Waals surface area contributed by atoms with Gasteiger partial charge < -0.3 is 9.47 Å². The predicted octanol–water partition coefficient (Wildman–Crippen LogP) is 3.29. The summed E-state index contributed by atoms with van der Waals surface area (Å²) in [6.07, 6.45) is -5.02. The third-order valence-corrected chi connectivity index (χ3v) is 2.19. The topological polar surface area (TPSA) is 59.3 Å². The lowest BCUT2D eigenvalue weighted by Gasteiger charge is -2.14. The molecule has 0 amide bonds. The van der Waals surface area contributed by atoms with Gasteiger partial charge >= 0.3 is 12.3 Å². The van der Waals surface area contributed by atoms with E-state index < -0.39 is 23.6 Å². The number of hydrogen-bond acceptors (Lipinski definition) is 4. The molecule has 0 bridgehead atoms. The van der Waals surface area contributed by atoms with Crippen LogP contribution in [0.15, 0.2) is 12.1 Å². The molecular formula is C11H7ClF3NO3. The second-order valence-electron chi connectivity index (χ2n) is 3.21. The van der Waals surface area contributed by atoms with Gasteiger partial charge in [-0.3, -0.25) is 0 Å². The number of esters is 1. The first-order valence-electron chi connectivity index (χ1n) is 4.95. The average Bonchev–Trinajstić information content (AvgIpc) is 2.26. The fraction of sp³-hybridized carbons (Fsp3) is 0.273. The van der Waals surface area contributed by atoms with E-state index in [9.17, 15) is 18.0 Å². The molecule has 0 aliphatic heterocycles. The van der Waals surface area contributed by atoms with Crippen LogP contribution in [0.2, 0.25) is 5.02 Å². The number of halogens is 4. The zero-order valence-corrected chi connectivity index (χ0v) is 10.3. The zero-order valence-electron chi connectivity index (χ0n) is 9.55. The van der Waals surface area contributed by atoms with Crippen LogP contribution in [0.3, 0.4) is 0 Å². The summed E-state index contributed by atoms with van der Waals surface area (Å²) in [6.45, 7) is 1.44. The SMILES string of the molecule is CCOC(=O)c1c(Cl)cc(C#N)cc1OC(F)(F)F. The summed E-state index contributed by atoms with van der Waals surface area (Å²) in [5, 5.41) is 8.31. The Balaban J connectivity index is 3.34. The molecular weight excluding hydrogens is 287 g/mol. The van der Waals surface area contributed by atoms with E-state index in [1.165, 1.54) is 6.92 Å². The Hall–Kier alpha value is -1.94. The van der Waals surface area contributed by atoms with E-state index in [2.05, 4.69) is 9.47 Å². The standard InChI is InChI=1S/C11H7ClF3NO3/c1-2-18-10(17)9-7(12)3-6(5-16)4-8(9)19-11(13,14)15/h3-4H,2H2,1H3. The highest BCUT2D eigenvalue weighted by Gasteiger charge is 2.34. The van der Waals surface area contributed by atoms with Gasteiger partial charge in [0.05, 0.1) is 23.3 Å². The quantitative estimate of drug-likeness (QED) is 0.802. The highest BCUT2D eigenvalue weighted by molar-refractivity contribution is 6.34. The maximum Gasteiger partial charge on any atom is 0.573 e. The number of hydrogen-bond donors (Lipinski definition) is 0. The van der Waals surface area contributed by atoms with Gasteiger partial charge in [-0.1, -0.05) is 11.6 Å². The third kappa shape index (κ3) is 4.03. The van der Waals surface area contributed by atoms with Crippen molar-refractivity contribution in [1.29, 1.82) is 5.26 Å². The van der Waals surface area contributed by atoms with Crippen molar-refractivity contribution in [1.82, 2.24) is 0 Å². The van der Waals surface area contributed by atoms with Crippen LogP contribution in [0, 0.1) is 11.3 Å². The molecule has 0 heterocycles. The molecule has 1 aromatic rings. The van der Waals surface area contributed by atoms with Gasteiger partial charge in [0.15, 0.2) is 0 Å². The van der Waals surface area contributed by atoms with Gasteiger partial charge in [-0.25, -0.2) is 4.79 Å². The molecule has 0 saturated carbocycles. The van der Waals surface area contributed by atoms with Gasteiger partial charge in [0, 0.05) is 0 Å². The van der Waals surface area contributed by atoms with E-state index >= 15 is 0 Å². The van der Waals surface area contributed by atoms with Crippen LogP contribution in [0.5, 0.6) is 5.75 Å². The summed E-state index contributed by atoms with van der Waals surface area (Å²) in [5.74, 6) is -1.92. The number of nitrogens with zero attached hydrogens (tertiary/aromatic N) is 1. The Bertz CT molecular complexity index is 537. The molecule has 0 aliphatic carbocycles. The Labute approximate surface area is 111 Å². The summed E-state index contributed by atoms with van der Waals surface area (Å²) >= 11 is 5.67. The highest BCUT2D eigenvalue weighted by atomic mass is 35.5.